The molecular formula is C14H17NO. The second kappa shape index (κ2) is 3.62. The summed E-state index contributed by atoms with van der Waals surface area (Å²) in [6.45, 7) is 1.91. The van der Waals surface area contributed by atoms with Crippen molar-refractivity contribution in [2.24, 2.45) is 16.8 Å². The molecule has 0 amide bonds. The number of phenolic OH excluding ortho intramolecular Hbond substituents is 1. The first kappa shape index (κ1) is 9.88. The van der Waals surface area contributed by atoms with Crippen LogP contribution in [0.5, 0.6) is 5.75 Å². The summed E-state index contributed by atoms with van der Waals surface area (Å²) in [4.78, 5) is 4.60. The van der Waals surface area contributed by atoms with Crippen LogP contribution in [0.15, 0.2) is 23.2 Å². The van der Waals surface area contributed by atoms with Gasteiger partial charge in [0, 0.05) is 11.8 Å². The molecule has 0 radical (unpaired) electrons. The van der Waals surface area contributed by atoms with Crippen molar-refractivity contribution in [1.82, 2.24) is 0 Å². The van der Waals surface area contributed by atoms with Crippen LogP contribution in [0.3, 0.4) is 0 Å². The molecular weight excluding hydrogens is 198 g/mol. The van der Waals surface area contributed by atoms with E-state index < -0.39 is 0 Å². The minimum absolute atomic E-state index is 0.371. The Morgan fingerprint density at radius 1 is 1.38 bits per heavy atom. The molecule has 2 heteroatoms. The molecule has 3 unspecified atom stereocenters. The van der Waals surface area contributed by atoms with Gasteiger partial charge in [0.15, 0.2) is 0 Å². The molecule has 2 saturated carbocycles. The monoisotopic (exact) mass is 215 g/mol. The van der Waals surface area contributed by atoms with E-state index in [0.717, 1.165) is 23.0 Å². The molecule has 1 N–H and O–H groups in total. The largest absolute Gasteiger partial charge is 0.507 e. The molecule has 84 valence electrons. The molecule has 2 fully saturated rings. The minimum atomic E-state index is 0.371. The van der Waals surface area contributed by atoms with E-state index in [1.165, 1.54) is 19.3 Å². The second-order valence-electron chi connectivity index (χ2n) is 5.10. The van der Waals surface area contributed by atoms with Gasteiger partial charge in [0.1, 0.15) is 5.75 Å². The van der Waals surface area contributed by atoms with E-state index in [9.17, 15) is 5.11 Å². The van der Waals surface area contributed by atoms with Crippen molar-refractivity contribution in [3.63, 3.8) is 0 Å². The highest BCUT2D eigenvalue weighted by atomic mass is 16.3. The Hall–Kier alpha value is -1.31. The number of hydrogen-bond donors (Lipinski definition) is 1. The fraction of sp³-hybridized carbons (Fsp3) is 0.500. The van der Waals surface area contributed by atoms with Crippen LogP contribution in [0, 0.1) is 18.8 Å². The first-order valence-electron chi connectivity index (χ1n) is 6.07. The third kappa shape index (κ3) is 1.44. The van der Waals surface area contributed by atoms with Gasteiger partial charge in [-0.1, -0.05) is 12.1 Å². The maximum absolute atomic E-state index is 9.84. The van der Waals surface area contributed by atoms with Gasteiger partial charge in [-0.3, -0.25) is 4.99 Å². The van der Waals surface area contributed by atoms with Crippen LogP contribution in [0.4, 0.5) is 0 Å². The van der Waals surface area contributed by atoms with Crippen molar-refractivity contribution in [3.05, 3.63) is 29.3 Å². The van der Waals surface area contributed by atoms with E-state index in [-0.39, 0.29) is 0 Å². The van der Waals surface area contributed by atoms with E-state index in [0.29, 0.717) is 11.8 Å². The number of aliphatic imine (C=N–C) groups is 1. The summed E-state index contributed by atoms with van der Waals surface area (Å²) in [7, 11) is 0. The Balaban J connectivity index is 1.73. The van der Waals surface area contributed by atoms with Gasteiger partial charge < -0.3 is 5.11 Å². The van der Waals surface area contributed by atoms with E-state index in [1.807, 2.05) is 31.3 Å². The minimum Gasteiger partial charge on any atom is -0.507 e. The van der Waals surface area contributed by atoms with Gasteiger partial charge in [-0.15, -0.1) is 0 Å². The molecule has 2 aliphatic carbocycles. The van der Waals surface area contributed by atoms with Crippen LogP contribution < -0.4 is 0 Å². The number of fused-ring (bicyclic) bond motifs is 1. The molecule has 1 aromatic rings. The molecule has 0 aliphatic heterocycles. The van der Waals surface area contributed by atoms with Crippen molar-refractivity contribution in [2.75, 3.05) is 0 Å². The highest BCUT2D eigenvalue weighted by Gasteiger charge is 2.46. The van der Waals surface area contributed by atoms with Gasteiger partial charge in [0.2, 0.25) is 0 Å². The zero-order chi connectivity index (χ0) is 11.1. The summed E-state index contributed by atoms with van der Waals surface area (Å²) in [5, 5.41) is 9.84. The standard InChI is InChI=1S/C14H17NO/c1-9-3-2-4-11(14(9)16)8-15-13-7-10-5-6-12(10)13/h2-4,8,10,12-13,16H,5-7H2,1H3. The average Bonchev–Trinajstić information content (AvgIpc) is 2.25. The van der Waals surface area contributed by atoms with Gasteiger partial charge in [-0.05, 0) is 49.7 Å². The summed E-state index contributed by atoms with van der Waals surface area (Å²) < 4.78 is 0. The summed E-state index contributed by atoms with van der Waals surface area (Å²) in [6, 6.07) is 6.32. The lowest BCUT2D eigenvalue weighted by Gasteiger charge is -2.51. The van der Waals surface area contributed by atoms with Gasteiger partial charge in [0.25, 0.3) is 0 Å². The van der Waals surface area contributed by atoms with E-state index in [4.69, 9.17) is 0 Å². The molecule has 0 spiro atoms. The van der Waals surface area contributed by atoms with Gasteiger partial charge in [-0.2, -0.15) is 0 Å². The molecule has 3 atom stereocenters. The fourth-order valence-electron chi connectivity index (χ4n) is 2.82. The van der Waals surface area contributed by atoms with Crippen LogP contribution in [-0.2, 0) is 0 Å². The average molecular weight is 215 g/mol. The summed E-state index contributed by atoms with van der Waals surface area (Å²) in [6.07, 6.45) is 5.87. The Morgan fingerprint density at radius 3 is 2.88 bits per heavy atom. The highest BCUT2D eigenvalue weighted by molar-refractivity contribution is 5.84. The zero-order valence-electron chi connectivity index (χ0n) is 9.56. The van der Waals surface area contributed by atoms with E-state index >= 15 is 0 Å². The Kier molecular flexibility index (Phi) is 2.23. The van der Waals surface area contributed by atoms with Crippen LogP contribution >= 0.6 is 0 Å². The first-order valence-corrected chi connectivity index (χ1v) is 6.07. The van der Waals surface area contributed by atoms with Gasteiger partial charge >= 0.3 is 0 Å². The van der Waals surface area contributed by atoms with Crippen molar-refractivity contribution < 1.29 is 5.11 Å². The Morgan fingerprint density at radius 2 is 2.25 bits per heavy atom. The number of aromatic hydroxyl groups is 1. The second-order valence-corrected chi connectivity index (χ2v) is 5.10. The van der Waals surface area contributed by atoms with Crippen LogP contribution in [0.25, 0.3) is 0 Å². The summed E-state index contributed by atoms with van der Waals surface area (Å²) in [5.41, 5.74) is 1.77. The lowest BCUT2D eigenvalue weighted by molar-refractivity contribution is 0.0274. The number of nitrogens with zero attached hydrogens (tertiary/aromatic N) is 1. The number of para-hydroxylation sites is 1. The third-order valence-electron chi connectivity index (χ3n) is 4.19. The smallest absolute Gasteiger partial charge is 0.127 e. The molecule has 3 rings (SSSR count). The number of phenols is 1. The predicted molar refractivity (Wildman–Crippen MR) is 65.1 cm³/mol. The van der Waals surface area contributed by atoms with Crippen molar-refractivity contribution in [1.29, 1.82) is 0 Å². The summed E-state index contributed by atoms with van der Waals surface area (Å²) >= 11 is 0. The van der Waals surface area contributed by atoms with E-state index in [2.05, 4.69) is 4.99 Å². The molecule has 2 aliphatic rings. The van der Waals surface area contributed by atoms with Gasteiger partial charge in [-0.25, -0.2) is 0 Å². The summed E-state index contributed by atoms with van der Waals surface area (Å²) in [5.74, 6) is 2.19. The number of rotatable bonds is 2. The Bertz CT molecular complexity index is 438. The van der Waals surface area contributed by atoms with E-state index in [1.54, 1.807) is 0 Å². The molecule has 2 nitrogen and oxygen atoms in total. The lowest BCUT2D eigenvalue weighted by atomic mass is 9.57. The normalized spacial score (nSPS) is 31.9. The zero-order valence-corrected chi connectivity index (χ0v) is 9.56. The van der Waals surface area contributed by atoms with Gasteiger partial charge in [0.05, 0.1) is 6.04 Å². The van der Waals surface area contributed by atoms with Crippen LogP contribution in [0.1, 0.15) is 30.4 Å². The maximum atomic E-state index is 9.84. The molecule has 1 aromatic carbocycles. The number of aryl methyl sites for hydroxylation is 1. The fourth-order valence-corrected chi connectivity index (χ4v) is 2.82. The first-order chi connectivity index (χ1) is 7.75. The molecule has 0 bridgehead atoms. The van der Waals surface area contributed by atoms with Crippen molar-refractivity contribution in [3.8, 4) is 5.75 Å². The number of hydrogen-bond acceptors (Lipinski definition) is 2. The Labute approximate surface area is 96.0 Å². The molecule has 0 saturated heterocycles. The van der Waals surface area contributed by atoms with Crippen molar-refractivity contribution in [2.45, 2.75) is 32.2 Å². The topological polar surface area (TPSA) is 32.6 Å². The SMILES string of the molecule is Cc1cccc(C=NC2CC3CCC32)c1O. The van der Waals surface area contributed by atoms with Crippen molar-refractivity contribution >= 4 is 6.21 Å². The number of benzene rings is 1. The van der Waals surface area contributed by atoms with Crippen LogP contribution in [0.2, 0.25) is 0 Å². The molecule has 16 heavy (non-hydrogen) atoms. The third-order valence-corrected chi connectivity index (χ3v) is 4.19. The molecule has 0 aromatic heterocycles. The predicted octanol–water partition coefficient (Wildman–Crippen LogP) is 2.92. The maximum Gasteiger partial charge on any atom is 0.127 e. The highest BCUT2D eigenvalue weighted by Crippen LogP contribution is 2.51. The lowest BCUT2D eigenvalue weighted by Crippen LogP contribution is -2.47. The quantitative estimate of drug-likeness (QED) is 0.756. The molecule has 0 heterocycles. The van der Waals surface area contributed by atoms with Crippen LogP contribution in [-0.4, -0.2) is 17.4 Å².